The number of carbonyl (C=O) groups is 1. The van der Waals surface area contributed by atoms with Crippen molar-refractivity contribution >= 4 is 17.5 Å². The van der Waals surface area contributed by atoms with Gasteiger partial charge in [0.2, 0.25) is 0 Å². The molecule has 110 valence electrons. The molecule has 0 fully saturated rings. The lowest BCUT2D eigenvalue weighted by Crippen LogP contribution is -2.34. The number of ether oxygens (including phenoxy) is 1. The smallest absolute Gasteiger partial charge is 0.253 e. The Morgan fingerprint density at radius 1 is 1.33 bits per heavy atom. The summed E-state index contributed by atoms with van der Waals surface area (Å²) in [6, 6.07) is 11.0. The predicted octanol–water partition coefficient (Wildman–Crippen LogP) is 3.10. The summed E-state index contributed by atoms with van der Waals surface area (Å²) < 4.78 is 5.31. The number of rotatable bonds is 5. The van der Waals surface area contributed by atoms with Gasteiger partial charge < -0.3 is 10.1 Å². The Labute approximate surface area is 129 Å². The number of hydrogen-bond donors (Lipinski definition) is 1. The SMILES string of the molecule is COc1ccccc1CC(C)NC(=O)c1ccc(Cl)nc1. The lowest BCUT2D eigenvalue weighted by Gasteiger charge is -2.15. The highest BCUT2D eigenvalue weighted by Gasteiger charge is 2.12. The Morgan fingerprint density at radius 2 is 2.10 bits per heavy atom. The average Bonchev–Trinajstić information content (AvgIpc) is 2.48. The fourth-order valence-electron chi connectivity index (χ4n) is 2.07. The second kappa shape index (κ2) is 7.09. The summed E-state index contributed by atoms with van der Waals surface area (Å²) in [5, 5.41) is 3.31. The summed E-state index contributed by atoms with van der Waals surface area (Å²) in [6.07, 6.45) is 2.16. The molecular formula is C16H17ClN2O2. The van der Waals surface area contributed by atoms with E-state index < -0.39 is 0 Å². The van der Waals surface area contributed by atoms with Gasteiger partial charge in [0.05, 0.1) is 12.7 Å². The molecule has 0 aliphatic carbocycles. The molecular weight excluding hydrogens is 288 g/mol. The number of nitrogens with one attached hydrogen (secondary N) is 1. The molecule has 1 atom stereocenters. The zero-order valence-electron chi connectivity index (χ0n) is 12.0. The van der Waals surface area contributed by atoms with E-state index in [9.17, 15) is 4.79 Å². The van der Waals surface area contributed by atoms with E-state index in [0.717, 1.165) is 11.3 Å². The summed E-state index contributed by atoms with van der Waals surface area (Å²) in [4.78, 5) is 16.0. The lowest BCUT2D eigenvalue weighted by molar-refractivity contribution is 0.0939. The van der Waals surface area contributed by atoms with Crippen molar-refractivity contribution in [3.05, 3.63) is 58.9 Å². The van der Waals surface area contributed by atoms with Crippen LogP contribution in [0.2, 0.25) is 5.15 Å². The van der Waals surface area contributed by atoms with Gasteiger partial charge in [-0.25, -0.2) is 4.98 Å². The molecule has 0 bridgehead atoms. The second-order valence-corrected chi connectivity index (χ2v) is 5.15. The molecule has 1 N–H and O–H groups in total. The zero-order chi connectivity index (χ0) is 15.2. The Bertz CT molecular complexity index is 614. The van der Waals surface area contributed by atoms with E-state index in [0.29, 0.717) is 17.1 Å². The molecule has 0 radical (unpaired) electrons. The Balaban J connectivity index is 1.99. The molecule has 1 amide bonds. The van der Waals surface area contributed by atoms with E-state index in [1.165, 1.54) is 6.20 Å². The number of halogens is 1. The van der Waals surface area contributed by atoms with Crippen LogP contribution in [0.3, 0.4) is 0 Å². The summed E-state index contributed by atoms with van der Waals surface area (Å²) in [7, 11) is 1.64. The molecule has 0 saturated heterocycles. The third-order valence-corrected chi connectivity index (χ3v) is 3.31. The minimum atomic E-state index is -0.165. The molecule has 0 spiro atoms. The fourth-order valence-corrected chi connectivity index (χ4v) is 2.18. The van der Waals surface area contributed by atoms with Gasteiger partial charge in [-0.1, -0.05) is 29.8 Å². The van der Waals surface area contributed by atoms with Crippen LogP contribution in [-0.4, -0.2) is 24.0 Å². The first-order valence-electron chi connectivity index (χ1n) is 6.64. The molecule has 2 aromatic rings. The number of methoxy groups -OCH3 is 1. The molecule has 1 unspecified atom stereocenters. The van der Waals surface area contributed by atoms with E-state index in [1.807, 2.05) is 31.2 Å². The first-order chi connectivity index (χ1) is 10.1. The number of hydrogen-bond acceptors (Lipinski definition) is 3. The normalized spacial score (nSPS) is 11.8. The van der Waals surface area contributed by atoms with Gasteiger partial charge >= 0.3 is 0 Å². The first kappa shape index (κ1) is 15.3. The Morgan fingerprint density at radius 3 is 2.76 bits per heavy atom. The van der Waals surface area contributed by atoms with Crippen LogP contribution in [0.25, 0.3) is 0 Å². The van der Waals surface area contributed by atoms with Gasteiger partial charge in [-0.15, -0.1) is 0 Å². The van der Waals surface area contributed by atoms with Crippen molar-refractivity contribution in [3.8, 4) is 5.75 Å². The van der Waals surface area contributed by atoms with Gasteiger partial charge in [-0.2, -0.15) is 0 Å². The lowest BCUT2D eigenvalue weighted by atomic mass is 10.1. The number of amides is 1. The van der Waals surface area contributed by atoms with Crippen molar-refractivity contribution < 1.29 is 9.53 Å². The molecule has 2 rings (SSSR count). The quantitative estimate of drug-likeness (QED) is 0.864. The zero-order valence-corrected chi connectivity index (χ0v) is 12.7. The number of aromatic nitrogens is 1. The van der Waals surface area contributed by atoms with E-state index in [1.54, 1.807) is 19.2 Å². The molecule has 0 aliphatic heterocycles. The summed E-state index contributed by atoms with van der Waals surface area (Å²) in [5.74, 6) is 0.660. The monoisotopic (exact) mass is 304 g/mol. The van der Waals surface area contributed by atoms with Crippen LogP contribution in [0.4, 0.5) is 0 Å². The van der Waals surface area contributed by atoms with Gasteiger partial charge in [0.15, 0.2) is 0 Å². The van der Waals surface area contributed by atoms with Crippen LogP contribution in [0.1, 0.15) is 22.8 Å². The predicted molar refractivity (Wildman–Crippen MR) is 82.9 cm³/mol. The number of para-hydroxylation sites is 1. The average molecular weight is 305 g/mol. The minimum Gasteiger partial charge on any atom is -0.496 e. The van der Waals surface area contributed by atoms with Crippen LogP contribution < -0.4 is 10.1 Å². The van der Waals surface area contributed by atoms with Crippen LogP contribution >= 0.6 is 11.6 Å². The number of benzene rings is 1. The topological polar surface area (TPSA) is 51.2 Å². The largest absolute Gasteiger partial charge is 0.496 e. The van der Waals surface area contributed by atoms with Crippen molar-refractivity contribution in [2.24, 2.45) is 0 Å². The number of carbonyl (C=O) groups excluding carboxylic acids is 1. The van der Waals surface area contributed by atoms with E-state index in [4.69, 9.17) is 16.3 Å². The molecule has 0 saturated carbocycles. The van der Waals surface area contributed by atoms with Crippen molar-refractivity contribution in [1.82, 2.24) is 10.3 Å². The third-order valence-electron chi connectivity index (χ3n) is 3.09. The Hall–Kier alpha value is -2.07. The third kappa shape index (κ3) is 4.20. The van der Waals surface area contributed by atoms with Crippen LogP contribution in [-0.2, 0) is 6.42 Å². The molecule has 21 heavy (non-hydrogen) atoms. The highest BCUT2D eigenvalue weighted by molar-refractivity contribution is 6.29. The van der Waals surface area contributed by atoms with E-state index in [2.05, 4.69) is 10.3 Å². The highest BCUT2D eigenvalue weighted by atomic mass is 35.5. The molecule has 1 aromatic carbocycles. The molecule has 5 heteroatoms. The van der Waals surface area contributed by atoms with Crippen molar-refractivity contribution in [3.63, 3.8) is 0 Å². The molecule has 1 aromatic heterocycles. The maximum atomic E-state index is 12.1. The van der Waals surface area contributed by atoms with Gasteiger partial charge in [-0.05, 0) is 37.1 Å². The van der Waals surface area contributed by atoms with Crippen LogP contribution in [0.15, 0.2) is 42.6 Å². The fraction of sp³-hybridized carbons (Fsp3) is 0.250. The van der Waals surface area contributed by atoms with Crippen molar-refractivity contribution in [1.29, 1.82) is 0 Å². The van der Waals surface area contributed by atoms with Crippen molar-refractivity contribution in [2.75, 3.05) is 7.11 Å². The van der Waals surface area contributed by atoms with Gasteiger partial charge in [-0.3, -0.25) is 4.79 Å². The standard InChI is InChI=1S/C16H17ClN2O2/c1-11(9-12-5-3-4-6-14(12)21-2)19-16(20)13-7-8-15(17)18-10-13/h3-8,10-11H,9H2,1-2H3,(H,19,20). The number of nitrogens with zero attached hydrogens (tertiary/aromatic N) is 1. The van der Waals surface area contributed by atoms with Gasteiger partial charge in [0.25, 0.3) is 5.91 Å². The van der Waals surface area contributed by atoms with Crippen LogP contribution in [0.5, 0.6) is 5.75 Å². The van der Waals surface area contributed by atoms with Gasteiger partial charge in [0.1, 0.15) is 10.9 Å². The summed E-state index contributed by atoms with van der Waals surface area (Å²) in [6.45, 7) is 1.95. The molecule has 1 heterocycles. The highest BCUT2D eigenvalue weighted by Crippen LogP contribution is 2.19. The maximum absolute atomic E-state index is 12.1. The maximum Gasteiger partial charge on any atom is 0.253 e. The summed E-state index contributed by atoms with van der Waals surface area (Å²) in [5.41, 5.74) is 1.55. The van der Waals surface area contributed by atoms with Crippen LogP contribution in [0, 0.1) is 0 Å². The second-order valence-electron chi connectivity index (χ2n) is 4.76. The number of pyridine rings is 1. The first-order valence-corrected chi connectivity index (χ1v) is 7.02. The van der Waals surface area contributed by atoms with Gasteiger partial charge in [0, 0.05) is 12.2 Å². The molecule has 0 aliphatic rings. The minimum absolute atomic E-state index is 0.0236. The summed E-state index contributed by atoms with van der Waals surface area (Å²) >= 11 is 5.71. The Kier molecular flexibility index (Phi) is 5.17. The molecule has 4 nitrogen and oxygen atoms in total. The van der Waals surface area contributed by atoms with E-state index in [-0.39, 0.29) is 11.9 Å². The van der Waals surface area contributed by atoms with Crippen molar-refractivity contribution in [2.45, 2.75) is 19.4 Å². The van der Waals surface area contributed by atoms with E-state index >= 15 is 0 Å².